The number of rotatable bonds is 2. The molecular weight excluding hydrogens is 355 g/mol. The van der Waals surface area contributed by atoms with Crippen molar-refractivity contribution in [2.45, 2.75) is 18.9 Å². The Labute approximate surface area is 153 Å². The molecular formula is C19H14ClFN4O. The first-order valence-electron chi connectivity index (χ1n) is 8.24. The summed E-state index contributed by atoms with van der Waals surface area (Å²) in [5, 5.41) is 13.0. The van der Waals surface area contributed by atoms with E-state index in [1.54, 1.807) is 18.2 Å². The predicted molar refractivity (Wildman–Crippen MR) is 97.0 cm³/mol. The van der Waals surface area contributed by atoms with Gasteiger partial charge in [-0.1, -0.05) is 17.7 Å². The van der Waals surface area contributed by atoms with Gasteiger partial charge in [-0.2, -0.15) is 5.26 Å². The van der Waals surface area contributed by atoms with E-state index >= 15 is 0 Å². The molecule has 5 nitrogen and oxygen atoms in total. The Morgan fingerprint density at radius 1 is 1.35 bits per heavy atom. The van der Waals surface area contributed by atoms with Gasteiger partial charge in [-0.15, -0.1) is 0 Å². The van der Waals surface area contributed by atoms with Crippen LogP contribution in [-0.2, 0) is 0 Å². The molecule has 0 bridgehead atoms. The zero-order valence-electron chi connectivity index (χ0n) is 13.7. The molecule has 1 N–H and O–H groups in total. The van der Waals surface area contributed by atoms with E-state index < -0.39 is 5.82 Å². The van der Waals surface area contributed by atoms with Crippen molar-refractivity contribution in [3.05, 3.63) is 69.0 Å². The van der Waals surface area contributed by atoms with Crippen LogP contribution in [0.15, 0.2) is 41.2 Å². The molecule has 3 aromatic rings. The third-order valence-corrected chi connectivity index (χ3v) is 4.83. The minimum Gasteiger partial charge on any atom is -0.307 e. The smallest absolute Gasteiger partial charge is 0.267 e. The van der Waals surface area contributed by atoms with Gasteiger partial charge < -0.3 is 5.32 Å². The number of halogens is 2. The monoisotopic (exact) mass is 368 g/mol. The van der Waals surface area contributed by atoms with Crippen LogP contribution in [0.4, 0.5) is 4.39 Å². The predicted octanol–water partition coefficient (Wildman–Crippen LogP) is 3.47. The van der Waals surface area contributed by atoms with E-state index in [1.807, 2.05) is 6.07 Å². The zero-order chi connectivity index (χ0) is 18.3. The maximum Gasteiger partial charge on any atom is 0.267 e. The fraction of sp³-hybridized carbons (Fsp3) is 0.211. The minimum absolute atomic E-state index is 0.125. The highest BCUT2D eigenvalue weighted by Crippen LogP contribution is 2.27. The molecule has 1 aliphatic rings. The van der Waals surface area contributed by atoms with Crippen LogP contribution >= 0.6 is 11.6 Å². The van der Waals surface area contributed by atoms with Crippen LogP contribution < -0.4 is 10.9 Å². The van der Waals surface area contributed by atoms with Crippen molar-refractivity contribution in [3.8, 4) is 11.8 Å². The number of nitriles is 1. The van der Waals surface area contributed by atoms with Crippen LogP contribution in [0.2, 0.25) is 5.02 Å². The van der Waals surface area contributed by atoms with Crippen molar-refractivity contribution in [1.82, 2.24) is 14.9 Å². The molecule has 1 fully saturated rings. The average molecular weight is 369 g/mol. The molecule has 1 aromatic heterocycles. The summed E-state index contributed by atoms with van der Waals surface area (Å²) < 4.78 is 15.4. The van der Waals surface area contributed by atoms with Gasteiger partial charge in [-0.05, 0) is 49.7 Å². The van der Waals surface area contributed by atoms with E-state index in [9.17, 15) is 9.18 Å². The van der Waals surface area contributed by atoms with E-state index in [1.165, 1.54) is 16.7 Å². The van der Waals surface area contributed by atoms with E-state index in [-0.39, 0.29) is 33.3 Å². The lowest BCUT2D eigenvalue weighted by molar-refractivity contribution is 0.581. The summed E-state index contributed by atoms with van der Waals surface area (Å²) in [6, 6.07) is 10.7. The maximum absolute atomic E-state index is 14.0. The van der Waals surface area contributed by atoms with Crippen LogP contribution in [0.25, 0.3) is 16.6 Å². The van der Waals surface area contributed by atoms with E-state index in [0.717, 1.165) is 25.5 Å². The van der Waals surface area contributed by atoms with Gasteiger partial charge in [0.25, 0.3) is 5.56 Å². The fourth-order valence-corrected chi connectivity index (χ4v) is 3.61. The summed E-state index contributed by atoms with van der Waals surface area (Å²) in [5.74, 6) is -0.0905. The van der Waals surface area contributed by atoms with E-state index in [4.69, 9.17) is 16.9 Å². The first kappa shape index (κ1) is 16.7. The van der Waals surface area contributed by atoms with Crippen molar-refractivity contribution in [2.24, 2.45) is 0 Å². The van der Waals surface area contributed by atoms with Crippen LogP contribution in [-0.4, -0.2) is 16.1 Å². The Bertz CT molecular complexity index is 1110. The SMILES string of the molecule is N#Cc1cc(F)cc(-n2c([C@@H]3CCCN3)nc3cccc(Cl)c3c2=O)c1. The number of benzene rings is 2. The minimum atomic E-state index is -0.587. The molecule has 0 amide bonds. The Kier molecular flexibility index (Phi) is 4.19. The fourth-order valence-electron chi connectivity index (χ4n) is 3.36. The molecule has 2 heterocycles. The number of hydrogen-bond acceptors (Lipinski definition) is 4. The molecule has 1 saturated heterocycles. The number of fused-ring (bicyclic) bond motifs is 1. The average Bonchev–Trinajstić information content (AvgIpc) is 3.15. The second-order valence-corrected chi connectivity index (χ2v) is 6.61. The highest BCUT2D eigenvalue weighted by Gasteiger charge is 2.24. The molecule has 7 heteroatoms. The molecule has 0 spiro atoms. The van der Waals surface area contributed by atoms with Crippen molar-refractivity contribution < 1.29 is 4.39 Å². The molecule has 1 atom stereocenters. The summed E-state index contributed by atoms with van der Waals surface area (Å²) in [5.41, 5.74) is 0.527. The topological polar surface area (TPSA) is 70.7 Å². The largest absolute Gasteiger partial charge is 0.307 e. The quantitative estimate of drug-likeness (QED) is 0.751. The maximum atomic E-state index is 14.0. The van der Waals surface area contributed by atoms with Crippen LogP contribution in [0.1, 0.15) is 30.3 Å². The van der Waals surface area contributed by atoms with Gasteiger partial charge in [0.1, 0.15) is 11.6 Å². The molecule has 130 valence electrons. The van der Waals surface area contributed by atoms with Gasteiger partial charge in [0, 0.05) is 0 Å². The molecule has 0 unspecified atom stereocenters. The second-order valence-electron chi connectivity index (χ2n) is 6.20. The summed E-state index contributed by atoms with van der Waals surface area (Å²) in [4.78, 5) is 17.9. The first-order valence-corrected chi connectivity index (χ1v) is 8.62. The number of hydrogen-bond donors (Lipinski definition) is 1. The van der Waals surface area contributed by atoms with Gasteiger partial charge in [0.2, 0.25) is 0 Å². The normalized spacial score (nSPS) is 16.7. The third-order valence-electron chi connectivity index (χ3n) is 4.51. The Hall–Kier alpha value is -2.75. The molecule has 1 aliphatic heterocycles. The third kappa shape index (κ3) is 2.75. The van der Waals surface area contributed by atoms with Crippen LogP contribution in [0, 0.1) is 17.1 Å². The van der Waals surface area contributed by atoms with Crippen LogP contribution in [0.5, 0.6) is 0 Å². The molecule has 4 rings (SSSR count). The summed E-state index contributed by atoms with van der Waals surface area (Å²) in [6.45, 7) is 0.820. The summed E-state index contributed by atoms with van der Waals surface area (Å²) in [7, 11) is 0. The molecule has 0 radical (unpaired) electrons. The summed E-state index contributed by atoms with van der Waals surface area (Å²) in [6.07, 6.45) is 1.78. The van der Waals surface area contributed by atoms with E-state index in [2.05, 4.69) is 10.3 Å². The lowest BCUT2D eigenvalue weighted by Gasteiger charge is -2.18. The van der Waals surface area contributed by atoms with E-state index in [0.29, 0.717) is 11.3 Å². The van der Waals surface area contributed by atoms with Gasteiger partial charge in [0.15, 0.2) is 0 Å². The lowest BCUT2D eigenvalue weighted by Crippen LogP contribution is -2.29. The Balaban J connectivity index is 2.09. The Morgan fingerprint density at radius 2 is 2.19 bits per heavy atom. The molecule has 26 heavy (non-hydrogen) atoms. The van der Waals surface area contributed by atoms with Gasteiger partial charge in [0.05, 0.1) is 39.3 Å². The zero-order valence-corrected chi connectivity index (χ0v) is 14.4. The highest BCUT2D eigenvalue weighted by atomic mass is 35.5. The highest BCUT2D eigenvalue weighted by molar-refractivity contribution is 6.35. The first-order chi connectivity index (χ1) is 12.6. The number of nitrogens with zero attached hydrogens (tertiary/aromatic N) is 3. The molecule has 0 saturated carbocycles. The van der Waals surface area contributed by atoms with Crippen molar-refractivity contribution in [2.75, 3.05) is 6.54 Å². The molecule has 2 aromatic carbocycles. The number of nitrogens with one attached hydrogen (secondary N) is 1. The van der Waals surface area contributed by atoms with Gasteiger partial charge >= 0.3 is 0 Å². The van der Waals surface area contributed by atoms with Gasteiger partial charge in [-0.3, -0.25) is 9.36 Å². The van der Waals surface area contributed by atoms with Crippen molar-refractivity contribution in [1.29, 1.82) is 5.26 Å². The second kappa shape index (κ2) is 6.52. The lowest BCUT2D eigenvalue weighted by atomic mass is 10.1. The van der Waals surface area contributed by atoms with Gasteiger partial charge in [-0.25, -0.2) is 9.37 Å². The van der Waals surface area contributed by atoms with Crippen molar-refractivity contribution >= 4 is 22.5 Å². The standard InChI is InChI=1S/C19H14ClFN4O/c20-14-3-1-4-15-17(14)19(26)25(18(24-15)16-5-2-6-23-16)13-8-11(10-22)7-12(21)9-13/h1,3-4,7-9,16,23H,2,5-6H2/t16-/m0/s1. The van der Waals surface area contributed by atoms with Crippen molar-refractivity contribution in [3.63, 3.8) is 0 Å². The summed E-state index contributed by atoms with van der Waals surface area (Å²) >= 11 is 6.23. The number of aromatic nitrogens is 2. The Morgan fingerprint density at radius 3 is 2.92 bits per heavy atom. The van der Waals surface area contributed by atoms with Crippen LogP contribution in [0.3, 0.4) is 0 Å². The molecule has 0 aliphatic carbocycles.